The molecule has 0 N–H and O–H groups in total. The van der Waals surface area contributed by atoms with Crippen molar-refractivity contribution in [3.8, 4) is 11.5 Å². The molecule has 1 atom stereocenters. The molecule has 0 amide bonds. The molecule has 0 bridgehead atoms. The molecule has 4 heterocycles. The Kier molecular flexibility index (Phi) is 5.19. The quantitative estimate of drug-likeness (QED) is 0.562. The first-order valence-electron chi connectivity index (χ1n) is 11.4. The lowest BCUT2D eigenvalue weighted by Crippen LogP contribution is -2.49. The number of piperazine rings is 1. The molecule has 1 aliphatic carbocycles. The van der Waals surface area contributed by atoms with Crippen molar-refractivity contribution in [3.05, 3.63) is 35.0 Å². The maximum atomic E-state index is 13.3. The first-order chi connectivity index (χ1) is 16.0. The Morgan fingerprint density at radius 1 is 1.06 bits per heavy atom. The highest BCUT2D eigenvalue weighted by atomic mass is 32.2. The van der Waals surface area contributed by atoms with Gasteiger partial charge in [0.15, 0.2) is 11.5 Å². The zero-order valence-electron chi connectivity index (χ0n) is 18.5. The number of benzene rings is 1. The molecule has 2 aromatic heterocycles. The zero-order chi connectivity index (χ0) is 22.6. The van der Waals surface area contributed by atoms with Crippen LogP contribution in [-0.2, 0) is 22.9 Å². The molecule has 6 rings (SSSR count). The summed E-state index contributed by atoms with van der Waals surface area (Å²) in [4.78, 5) is 14.1. The van der Waals surface area contributed by atoms with Crippen LogP contribution < -0.4 is 14.4 Å². The van der Waals surface area contributed by atoms with Crippen molar-refractivity contribution >= 4 is 37.4 Å². The number of anilines is 1. The van der Waals surface area contributed by atoms with Crippen LogP contribution in [0.5, 0.6) is 11.5 Å². The van der Waals surface area contributed by atoms with E-state index in [0.29, 0.717) is 56.8 Å². The van der Waals surface area contributed by atoms with Crippen molar-refractivity contribution in [2.45, 2.75) is 31.1 Å². The molecular formula is C23H26N4O4S2. The Balaban J connectivity index is 1.24. The molecule has 0 radical (unpaired) electrons. The van der Waals surface area contributed by atoms with Gasteiger partial charge in [0.2, 0.25) is 10.0 Å². The molecule has 3 aliphatic rings. The summed E-state index contributed by atoms with van der Waals surface area (Å²) in [6, 6.07) is 4.85. The molecule has 8 nitrogen and oxygen atoms in total. The van der Waals surface area contributed by atoms with Gasteiger partial charge >= 0.3 is 0 Å². The molecule has 0 spiro atoms. The first-order valence-corrected chi connectivity index (χ1v) is 13.7. The maximum Gasteiger partial charge on any atom is 0.243 e. The zero-order valence-corrected chi connectivity index (χ0v) is 20.1. The number of nitrogens with zero attached hydrogens (tertiary/aromatic N) is 4. The van der Waals surface area contributed by atoms with Crippen LogP contribution in [0.15, 0.2) is 29.4 Å². The molecule has 1 unspecified atom stereocenters. The van der Waals surface area contributed by atoms with Crippen LogP contribution in [0.1, 0.15) is 23.8 Å². The predicted octanol–water partition coefficient (Wildman–Crippen LogP) is 3.10. The van der Waals surface area contributed by atoms with Crippen molar-refractivity contribution in [2.24, 2.45) is 5.92 Å². The number of sulfonamides is 1. The van der Waals surface area contributed by atoms with Crippen LogP contribution in [0.4, 0.5) is 5.82 Å². The number of thiophene rings is 1. The molecule has 10 heteroatoms. The molecule has 3 aromatic rings. The summed E-state index contributed by atoms with van der Waals surface area (Å²) in [5.74, 6) is 2.73. The largest absolute Gasteiger partial charge is 0.486 e. The minimum Gasteiger partial charge on any atom is -0.486 e. The van der Waals surface area contributed by atoms with Gasteiger partial charge in [-0.2, -0.15) is 4.31 Å². The molecular weight excluding hydrogens is 460 g/mol. The summed E-state index contributed by atoms with van der Waals surface area (Å²) in [5, 5.41) is 1.17. The van der Waals surface area contributed by atoms with Crippen molar-refractivity contribution < 1.29 is 17.9 Å². The van der Waals surface area contributed by atoms with E-state index in [-0.39, 0.29) is 4.90 Å². The summed E-state index contributed by atoms with van der Waals surface area (Å²) in [7, 11) is -3.61. The van der Waals surface area contributed by atoms with E-state index in [1.54, 1.807) is 40.2 Å². The van der Waals surface area contributed by atoms with Crippen LogP contribution in [0.2, 0.25) is 0 Å². The second-order valence-corrected chi connectivity index (χ2v) is 11.9. The van der Waals surface area contributed by atoms with Gasteiger partial charge in [-0.3, -0.25) is 0 Å². The van der Waals surface area contributed by atoms with E-state index in [0.717, 1.165) is 23.5 Å². The average molecular weight is 487 g/mol. The van der Waals surface area contributed by atoms with Crippen molar-refractivity contribution in [1.29, 1.82) is 0 Å². The summed E-state index contributed by atoms with van der Waals surface area (Å²) in [6.45, 7) is 5.21. The number of hydrogen-bond acceptors (Lipinski definition) is 8. The van der Waals surface area contributed by atoms with Gasteiger partial charge in [0.25, 0.3) is 0 Å². The van der Waals surface area contributed by atoms with E-state index in [9.17, 15) is 8.42 Å². The first kappa shape index (κ1) is 21.1. The Labute approximate surface area is 197 Å². The fourth-order valence-corrected chi connectivity index (χ4v) is 7.75. The van der Waals surface area contributed by atoms with Crippen LogP contribution in [0.3, 0.4) is 0 Å². The van der Waals surface area contributed by atoms with Gasteiger partial charge in [-0.05, 0) is 42.9 Å². The minimum absolute atomic E-state index is 0.241. The second-order valence-electron chi connectivity index (χ2n) is 8.93. The third-order valence-corrected chi connectivity index (χ3v) is 9.82. The monoisotopic (exact) mass is 486 g/mol. The fraction of sp³-hybridized carbons (Fsp3) is 0.478. The Hall–Kier alpha value is -2.43. The number of rotatable bonds is 3. The van der Waals surface area contributed by atoms with Crippen molar-refractivity contribution in [1.82, 2.24) is 14.3 Å². The Morgan fingerprint density at radius 3 is 2.67 bits per heavy atom. The molecule has 2 aliphatic heterocycles. The third kappa shape index (κ3) is 3.64. The third-order valence-electron chi connectivity index (χ3n) is 6.76. The van der Waals surface area contributed by atoms with Crippen LogP contribution >= 0.6 is 11.3 Å². The number of fused-ring (bicyclic) bond motifs is 4. The van der Waals surface area contributed by atoms with Crippen LogP contribution in [0, 0.1) is 5.92 Å². The number of ether oxygens (including phenoxy) is 2. The number of aryl methyl sites for hydroxylation is 1. The Bertz CT molecular complexity index is 1320. The topological polar surface area (TPSA) is 84.9 Å². The fourth-order valence-electron chi connectivity index (χ4n) is 4.97. The van der Waals surface area contributed by atoms with Gasteiger partial charge in [-0.1, -0.05) is 6.92 Å². The lowest BCUT2D eigenvalue weighted by atomic mass is 9.89. The van der Waals surface area contributed by atoms with E-state index >= 15 is 0 Å². The van der Waals surface area contributed by atoms with Crippen molar-refractivity contribution in [3.63, 3.8) is 0 Å². The molecule has 33 heavy (non-hydrogen) atoms. The van der Waals surface area contributed by atoms with E-state index in [4.69, 9.17) is 9.47 Å². The summed E-state index contributed by atoms with van der Waals surface area (Å²) < 4.78 is 39.2. The smallest absolute Gasteiger partial charge is 0.243 e. The summed E-state index contributed by atoms with van der Waals surface area (Å²) in [5.41, 5.74) is 1.40. The second kappa shape index (κ2) is 8.11. The molecule has 1 aromatic carbocycles. The average Bonchev–Trinajstić information content (AvgIpc) is 3.21. The van der Waals surface area contributed by atoms with Gasteiger partial charge in [0.05, 0.1) is 10.3 Å². The van der Waals surface area contributed by atoms with Crippen LogP contribution in [0.25, 0.3) is 10.2 Å². The molecule has 0 saturated carbocycles. The molecule has 174 valence electrons. The van der Waals surface area contributed by atoms with Gasteiger partial charge in [-0.15, -0.1) is 11.3 Å². The van der Waals surface area contributed by atoms with Crippen molar-refractivity contribution in [2.75, 3.05) is 44.3 Å². The number of hydrogen-bond donors (Lipinski definition) is 0. The van der Waals surface area contributed by atoms with Gasteiger partial charge in [-0.25, -0.2) is 18.4 Å². The van der Waals surface area contributed by atoms with E-state index in [1.807, 2.05) is 0 Å². The molecule has 1 fully saturated rings. The summed E-state index contributed by atoms with van der Waals surface area (Å²) in [6.07, 6.45) is 5.00. The van der Waals surface area contributed by atoms with Gasteiger partial charge in [0.1, 0.15) is 30.2 Å². The minimum atomic E-state index is -3.61. The van der Waals surface area contributed by atoms with E-state index in [1.165, 1.54) is 22.2 Å². The van der Waals surface area contributed by atoms with E-state index < -0.39 is 10.0 Å². The number of aromatic nitrogens is 2. The SMILES string of the molecule is CC1CCc2c(sc3ncnc(N4CCN(S(=O)(=O)c5ccc6c(c5)OCCO6)CC4)c23)C1. The van der Waals surface area contributed by atoms with E-state index in [2.05, 4.69) is 21.8 Å². The normalized spacial score (nSPS) is 21.2. The van der Waals surface area contributed by atoms with Gasteiger partial charge < -0.3 is 14.4 Å². The van der Waals surface area contributed by atoms with Gasteiger partial charge in [0, 0.05) is 37.1 Å². The lowest BCUT2D eigenvalue weighted by molar-refractivity contribution is 0.171. The highest BCUT2D eigenvalue weighted by Crippen LogP contribution is 2.41. The highest BCUT2D eigenvalue weighted by Gasteiger charge is 2.32. The standard InChI is InChI=1S/C23H26N4O4S2/c1-15-2-4-17-20(12-15)32-23-21(17)22(24-14-25-23)26-6-8-27(9-7-26)33(28,29)16-3-5-18-19(13-16)31-11-10-30-18/h3,5,13-15H,2,4,6-12H2,1H3. The predicted molar refractivity (Wildman–Crippen MR) is 127 cm³/mol. The lowest BCUT2D eigenvalue weighted by Gasteiger charge is -2.35. The van der Waals surface area contributed by atoms with Crippen LogP contribution in [-0.4, -0.2) is 62.1 Å². The molecule has 1 saturated heterocycles. The maximum absolute atomic E-state index is 13.3. The Morgan fingerprint density at radius 2 is 1.85 bits per heavy atom. The summed E-state index contributed by atoms with van der Waals surface area (Å²) >= 11 is 1.79. The highest BCUT2D eigenvalue weighted by molar-refractivity contribution is 7.89.